The molecule has 0 aliphatic carbocycles. The third-order valence-electron chi connectivity index (χ3n) is 1.47. The van der Waals surface area contributed by atoms with Crippen molar-refractivity contribution in [3.63, 3.8) is 0 Å². The zero-order valence-electron chi connectivity index (χ0n) is 8.77. The Morgan fingerprint density at radius 3 is 2.57 bits per heavy atom. The minimum atomic E-state index is 0.431. The van der Waals surface area contributed by atoms with Crippen molar-refractivity contribution in [3.8, 4) is 0 Å². The number of pyridine rings is 1. The first kappa shape index (κ1) is 12.6. The summed E-state index contributed by atoms with van der Waals surface area (Å²) in [4.78, 5) is 13.4. The van der Waals surface area contributed by atoms with Gasteiger partial charge in [0.1, 0.15) is 0 Å². The molecule has 0 aliphatic rings. The van der Waals surface area contributed by atoms with Gasteiger partial charge in [0.05, 0.1) is 6.61 Å². The first-order valence-corrected chi connectivity index (χ1v) is 4.80. The Labute approximate surface area is 85.1 Å². The number of rotatable bonds is 4. The fraction of sp³-hybridized carbons (Fsp3) is 0.455. The summed E-state index contributed by atoms with van der Waals surface area (Å²) in [5.41, 5.74) is 1.19. The fourth-order valence-corrected chi connectivity index (χ4v) is 0.870. The summed E-state index contributed by atoms with van der Waals surface area (Å²) in [6, 6.07) is 6.03. The molecule has 3 nitrogen and oxygen atoms in total. The largest absolute Gasteiger partial charge is 0.468 e. The van der Waals surface area contributed by atoms with Crippen molar-refractivity contribution in [2.45, 2.75) is 26.7 Å². The molecule has 0 fully saturated rings. The van der Waals surface area contributed by atoms with Crippen LogP contribution < -0.4 is 0 Å². The van der Waals surface area contributed by atoms with Crippen LogP contribution in [0.4, 0.5) is 0 Å². The van der Waals surface area contributed by atoms with Crippen molar-refractivity contribution >= 4 is 6.47 Å². The number of carbonyl (C=O) groups is 1. The zero-order valence-corrected chi connectivity index (χ0v) is 8.77. The van der Waals surface area contributed by atoms with Gasteiger partial charge < -0.3 is 4.74 Å². The van der Waals surface area contributed by atoms with Gasteiger partial charge in [0, 0.05) is 11.9 Å². The highest BCUT2D eigenvalue weighted by atomic mass is 16.5. The van der Waals surface area contributed by atoms with Crippen LogP contribution in [0.25, 0.3) is 0 Å². The van der Waals surface area contributed by atoms with Gasteiger partial charge in [-0.15, -0.1) is 0 Å². The van der Waals surface area contributed by atoms with Crippen LogP contribution in [0.1, 0.15) is 26.0 Å². The predicted molar refractivity (Wildman–Crippen MR) is 55.9 cm³/mol. The number of nitrogens with zero attached hydrogens (tertiary/aromatic N) is 1. The molecule has 0 spiro atoms. The van der Waals surface area contributed by atoms with Crippen LogP contribution in [-0.4, -0.2) is 18.1 Å². The molecule has 0 N–H and O–H groups in total. The molecule has 0 aliphatic heterocycles. The van der Waals surface area contributed by atoms with Crippen molar-refractivity contribution in [3.05, 3.63) is 30.1 Å². The Morgan fingerprint density at radius 2 is 2.21 bits per heavy atom. The average Bonchev–Trinajstić information content (AvgIpc) is 2.22. The molecule has 0 radical (unpaired) electrons. The van der Waals surface area contributed by atoms with Crippen LogP contribution in [0.3, 0.4) is 0 Å². The normalized spacial score (nSPS) is 8.43. The highest BCUT2D eigenvalue weighted by Crippen LogP contribution is 1.95. The van der Waals surface area contributed by atoms with Gasteiger partial charge in [-0.05, 0) is 25.5 Å². The van der Waals surface area contributed by atoms with E-state index in [9.17, 15) is 4.79 Å². The van der Waals surface area contributed by atoms with E-state index in [2.05, 4.69) is 22.7 Å². The van der Waals surface area contributed by atoms with Crippen molar-refractivity contribution in [1.29, 1.82) is 0 Å². The lowest BCUT2D eigenvalue weighted by molar-refractivity contribution is -0.128. The van der Waals surface area contributed by atoms with E-state index in [1.54, 1.807) is 6.92 Å². The van der Waals surface area contributed by atoms with E-state index in [1.807, 2.05) is 18.3 Å². The Kier molecular flexibility index (Phi) is 8.75. The van der Waals surface area contributed by atoms with Gasteiger partial charge in [-0.25, -0.2) is 0 Å². The molecule has 1 aromatic rings. The molecule has 14 heavy (non-hydrogen) atoms. The van der Waals surface area contributed by atoms with Crippen LogP contribution in [0.2, 0.25) is 0 Å². The second-order valence-electron chi connectivity index (χ2n) is 2.62. The molecule has 0 atom stereocenters. The summed E-state index contributed by atoms with van der Waals surface area (Å²) in [5, 5.41) is 0. The monoisotopic (exact) mass is 195 g/mol. The van der Waals surface area contributed by atoms with Crippen LogP contribution in [0.15, 0.2) is 24.4 Å². The second-order valence-corrected chi connectivity index (χ2v) is 2.62. The Balaban J connectivity index is 0.000000292. The minimum Gasteiger partial charge on any atom is -0.468 e. The van der Waals surface area contributed by atoms with Gasteiger partial charge >= 0.3 is 0 Å². The molecule has 0 aromatic carbocycles. The number of hydrogen-bond acceptors (Lipinski definition) is 3. The van der Waals surface area contributed by atoms with Gasteiger partial charge in [-0.1, -0.05) is 19.4 Å². The lowest BCUT2D eigenvalue weighted by Crippen LogP contribution is -1.84. The molecule has 78 valence electrons. The van der Waals surface area contributed by atoms with E-state index >= 15 is 0 Å². The van der Waals surface area contributed by atoms with Crippen molar-refractivity contribution in [1.82, 2.24) is 4.98 Å². The number of hydrogen-bond donors (Lipinski definition) is 0. The van der Waals surface area contributed by atoms with E-state index in [0.29, 0.717) is 13.1 Å². The topological polar surface area (TPSA) is 39.2 Å². The lowest BCUT2D eigenvalue weighted by Gasteiger charge is -1.92. The van der Waals surface area contributed by atoms with Crippen molar-refractivity contribution < 1.29 is 9.53 Å². The molecule has 3 heteroatoms. The fourth-order valence-electron chi connectivity index (χ4n) is 0.870. The lowest BCUT2D eigenvalue weighted by atomic mass is 10.2. The van der Waals surface area contributed by atoms with Gasteiger partial charge in [-0.2, -0.15) is 0 Å². The number of carbonyl (C=O) groups excluding carboxylic acids is 1. The Morgan fingerprint density at radius 1 is 1.43 bits per heavy atom. The third-order valence-corrected chi connectivity index (χ3v) is 1.47. The predicted octanol–water partition coefficient (Wildman–Crippen LogP) is 2.21. The van der Waals surface area contributed by atoms with E-state index < -0.39 is 0 Å². The summed E-state index contributed by atoms with van der Waals surface area (Å²) in [7, 11) is 0. The smallest absolute Gasteiger partial charge is 0.293 e. The molecule has 0 saturated carbocycles. The maximum Gasteiger partial charge on any atom is 0.293 e. The van der Waals surface area contributed by atoms with Gasteiger partial charge in [-0.3, -0.25) is 9.78 Å². The summed E-state index contributed by atoms with van der Waals surface area (Å²) in [6.45, 7) is 4.83. The maximum atomic E-state index is 9.18. The average molecular weight is 195 g/mol. The quantitative estimate of drug-likeness (QED) is 0.691. The zero-order chi connectivity index (χ0) is 10.6. The van der Waals surface area contributed by atoms with Gasteiger partial charge in [0.15, 0.2) is 0 Å². The number of aromatic nitrogens is 1. The Hall–Kier alpha value is -1.38. The minimum absolute atomic E-state index is 0.431. The SMILES string of the molecule is CCCc1ccccn1.CCOC=O. The molecule has 0 amide bonds. The molecular formula is C11H17NO2. The van der Waals surface area contributed by atoms with E-state index in [-0.39, 0.29) is 0 Å². The summed E-state index contributed by atoms with van der Waals surface area (Å²) in [6.07, 6.45) is 4.11. The standard InChI is InChI=1S/C8H11N.C3H6O2/c1-2-5-8-6-3-4-7-9-8;1-2-5-3-4/h3-4,6-7H,2,5H2,1H3;3H,2H2,1H3. The van der Waals surface area contributed by atoms with Gasteiger partial charge in [0.2, 0.25) is 0 Å². The van der Waals surface area contributed by atoms with Crippen molar-refractivity contribution in [2.75, 3.05) is 6.61 Å². The summed E-state index contributed by atoms with van der Waals surface area (Å²) in [5.74, 6) is 0. The highest BCUT2D eigenvalue weighted by molar-refractivity contribution is 5.36. The van der Waals surface area contributed by atoms with Crippen LogP contribution in [0, 0.1) is 0 Å². The third kappa shape index (κ3) is 7.28. The molecule has 0 bridgehead atoms. The second kappa shape index (κ2) is 9.71. The molecule has 1 heterocycles. The number of aryl methyl sites for hydroxylation is 1. The van der Waals surface area contributed by atoms with Crippen molar-refractivity contribution in [2.24, 2.45) is 0 Å². The van der Waals surface area contributed by atoms with E-state index in [4.69, 9.17) is 0 Å². The Bertz CT molecular complexity index is 224. The molecule has 1 rings (SSSR count). The van der Waals surface area contributed by atoms with E-state index in [1.165, 1.54) is 12.1 Å². The summed E-state index contributed by atoms with van der Waals surface area (Å²) >= 11 is 0. The van der Waals surface area contributed by atoms with Crippen LogP contribution in [0.5, 0.6) is 0 Å². The molecule has 0 unspecified atom stereocenters. The molecular weight excluding hydrogens is 178 g/mol. The summed E-state index contributed by atoms with van der Waals surface area (Å²) < 4.78 is 4.15. The first-order valence-electron chi connectivity index (χ1n) is 4.80. The van der Waals surface area contributed by atoms with Crippen LogP contribution in [-0.2, 0) is 16.0 Å². The maximum absolute atomic E-state index is 9.18. The van der Waals surface area contributed by atoms with Crippen LogP contribution >= 0.6 is 0 Å². The first-order chi connectivity index (χ1) is 6.85. The highest BCUT2D eigenvalue weighted by Gasteiger charge is 1.86. The number of ether oxygens (including phenoxy) is 1. The van der Waals surface area contributed by atoms with Gasteiger partial charge in [0.25, 0.3) is 6.47 Å². The van der Waals surface area contributed by atoms with E-state index in [0.717, 1.165) is 6.42 Å². The molecule has 0 saturated heterocycles. The molecule has 1 aromatic heterocycles.